The van der Waals surface area contributed by atoms with Crippen LogP contribution >= 0.6 is 11.3 Å². The fourth-order valence-corrected chi connectivity index (χ4v) is 4.25. The highest BCUT2D eigenvalue weighted by atomic mass is 32.1. The van der Waals surface area contributed by atoms with E-state index in [1.165, 1.54) is 11.3 Å². The summed E-state index contributed by atoms with van der Waals surface area (Å²) >= 11 is 1.53. The summed E-state index contributed by atoms with van der Waals surface area (Å²) in [6.07, 6.45) is 3.27. The van der Waals surface area contributed by atoms with E-state index in [1.54, 1.807) is 12.3 Å². The molecule has 2 aliphatic heterocycles. The lowest BCUT2D eigenvalue weighted by Crippen LogP contribution is -2.48. The fraction of sp³-hybridized carbons (Fsp3) is 0.444. The Kier molecular flexibility index (Phi) is 4.59. The number of likely N-dealkylation sites (tertiary alicyclic amines) is 1. The molecule has 7 heteroatoms. The molecule has 4 rings (SSSR count). The van der Waals surface area contributed by atoms with Crippen LogP contribution in [0.25, 0.3) is 0 Å². The summed E-state index contributed by atoms with van der Waals surface area (Å²) < 4.78 is 11.2. The molecule has 4 heterocycles. The summed E-state index contributed by atoms with van der Waals surface area (Å²) in [7, 11) is 0. The largest absolute Gasteiger partial charge is 0.467 e. The van der Waals surface area contributed by atoms with E-state index in [0.717, 1.165) is 24.2 Å². The molecule has 0 spiro atoms. The second kappa shape index (κ2) is 7.01. The summed E-state index contributed by atoms with van der Waals surface area (Å²) in [6.45, 7) is 1.05. The smallest absolute Gasteiger partial charge is 0.255 e. The molecule has 2 aromatic rings. The van der Waals surface area contributed by atoms with E-state index in [0.29, 0.717) is 19.5 Å². The zero-order chi connectivity index (χ0) is 17.2. The van der Waals surface area contributed by atoms with Gasteiger partial charge in [-0.15, -0.1) is 0 Å². The molecule has 0 saturated carbocycles. The van der Waals surface area contributed by atoms with E-state index in [-0.39, 0.29) is 24.0 Å². The molecule has 2 aromatic heterocycles. The molecule has 6 nitrogen and oxygen atoms in total. The lowest BCUT2D eigenvalue weighted by atomic mass is 9.98. The summed E-state index contributed by atoms with van der Waals surface area (Å²) in [5.41, 5.74) is 0.740. The first-order valence-corrected chi connectivity index (χ1v) is 9.45. The Morgan fingerprint density at radius 1 is 1.28 bits per heavy atom. The second-order valence-electron chi connectivity index (χ2n) is 6.40. The number of rotatable bonds is 4. The van der Waals surface area contributed by atoms with E-state index < -0.39 is 6.10 Å². The number of nitrogens with one attached hydrogen (secondary N) is 1. The van der Waals surface area contributed by atoms with Gasteiger partial charge in [0.2, 0.25) is 5.91 Å². The third kappa shape index (κ3) is 3.34. The van der Waals surface area contributed by atoms with E-state index in [4.69, 9.17) is 9.15 Å². The summed E-state index contributed by atoms with van der Waals surface area (Å²) in [5.74, 6) is 0.672. The van der Waals surface area contributed by atoms with Crippen LogP contribution in [-0.2, 0) is 16.1 Å². The normalized spacial score (nSPS) is 25.6. The highest BCUT2D eigenvalue weighted by molar-refractivity contribution is 7.08. The van der Waals surface area contributed by atoms with Gasteiger partial charge in [0, 0.05) is 11.9 Å². The van der Waals surface area contributed by atoms with Crippen molar-refractivity contribution in [3.05, 3.63) is 46.5 Å². The number of hydrogen-bond donors (Lipinski definition) is 1. The van der Waals surface area contributed by atoms with Gasteiger partial charge in [-0.05, 0) is 42.8 Å². The zero-order valence-corrected chi connectivity index (χ0v) is 14.5. The molecule has 25 heavy (non-hydrogen) atoms. The average molecular weight is 360 g/mol. The minimum atomic E-state index is -0.451. The van der Waals surface area contributed by atoms with Gasteiger partial charge in [-0.2, -0.15) is 11.3 Å². The Bertz CT molecular complexity index is 728. The standard InChI is InChI=1S/C18H20N2O4S/c21-17(19-10-13-2-1-8-23-13)16-4-3-14-15(24-16)5-7-20(14)18(22)12-6-9-25-11-12/h1-2,6,8-9,11,14-16H,3-5,7,10H2,(H,19,21)/t14-,15-,16-/m1/s1. The van der Waals surface area contributed by atoms with Gasteiger partial charge in [0.1, 0.15) is 11.9 Å². The van der Waals surface area contributed by atoms with E-state index in [2.05, 4.69) is 5.32 Å². The van der Waals surface area contributed by atoms with Crippen molar-refractivity contribution in [1.29, 1.82) is 0 Å². The van der Waals surface area contributed by atoms with Crippen LogP contribution in [0, 0.1) is 0 Å². The maximum absolute atomic E-state index is 12.6. The van der Waals surface area contributed by atoms with Crippen LogP contribution in [0.5, 0.6) is 0 Å². The summed E-state index contributed by atoms with van der Waals surface area (Å²) in [4.78, 5) is 26.8. The molecule has 2 amide bonds. The molecular formula is C18H20N2O4S. The predicted octanol–water partition coefficient (Wildman–Crippen LogP) is 2.42. The van der Waals surface area contributed by atoms with Crippen LogP contribution in [0.3, 0.4) is 0 Å². The molecule has 2 aliphatic rings. The van der Waals surface area contributed by atoms with Crippen molar-refractivity contribution in [3.63, 3.8) is 0 Å². The average Bonchev–Trinajstić information content (AvgIpc) is 3.40. The van der Waals surface area contributed by atoms with Gasteiger partial charge in [-0.3, -0.25) is 9.59 Å². The monoisotopic (exact) mass is 360 g/mol. The molecule has 0 aromatic carbocycles. The van der Waals surface area contributed by atoms with E-state index in [9.17, 15) is 9.59 Å². The number of ether oxygens (including phenoxy) is 1. The number of carbonyl (C=O) groups excluding carboxylic acids is 2. The number of nitrogens with zero attached hydrogens (tertiary/aromatic N) is 1. The van der Waals surface area contributed by atoms with Crippen LogP contribution in [-0.4, -0.2) is 41.5 Å². The number of carbonyl (C=O) groups is 2. The van der Waals surface area contributed by atoms with E-state index >= 15 is 0 Å². The van der Waals surface area contributed by atoms with Gasteiger partial charge in [0.25, 0.3) is 5.91 Å². The van der Waals surface area contributed by atoms with Gasteiger partial charge in [0.15, 0.2) is 0 Å². The van der Waals surface area contributed by atoms with Crippen molar-refractivity contribution in [1.82, 2.24) is 10.2 Å². The molecule has 2 saturated heterocycles. The Hall–Kier alpha value is -2.12. The Labute approximate surface area is 149 Å². The molecule has 2 fully saturated rings. The number of fused-ring (bicyclic) bond motifs is 1. The predicted molar refractivity (Wildman–Crippen MR) is 92.2 cm³/mol. The first-order chi connectivity index (χ1) is 12.2. The van der Waals surface area contributed by atoms with Gasteiger partial charge < -0.3 is 19.4 Å². The first kappa shape index (κ1) is 16.4. The topological polar surface area (TPSA) is 71.8 Å². The molecule has 0 aliphatic carbocycles. The van der Waals surface area contributed by atoms with Crippen molar-refractivity contribution >= 4 is 23.2 Å². The lowest BCUT2D eigenvalue weighted by Gasteiger charge is -2.35. The van der Waals surface area contributed by atoms with Crippen LogP contribution in [0.15, 0.2) is 39.6 Å². The van der Waals surface area contributed by atoms with Crippen molar-refractivity contribution in [3.8, 4) is 0 Å². The third-order valence-electron chi connectivity index (χ3n) is 4.89. The Morgan fingerprint density at radius 3 is 2.96 bits per heavy atom. The maximum Gasteiger partial charge on any atom is 0.255 e. The SMILES string of the molecule is O=C(NCc1ccco1)[C@H]1CC[C@@H]2[C@@H](CCN2C(=O)c2ccsc2)O1. The van der Waals surface area contributed by atoms with Crippen molar-refractivity contribution < 1.29 is 18.7 Å². The number of thiophene rings is 1. The van der Waals surface area contributed by atoms with Crippen LogP contribution < -0.4 is 5.32 Å². The third-order valence-corrected chi connectivity index (χ3v) is 5.57. The zero-order valence-electron chi connectivity index (χ0n) is 13.7. The molecule has 0 bridgehead atoms. The van der Waals surface area contributed by atoms with E-state index in [1.807, 2.05) is 27.8 Å². The summed E-state index contributed by atoms with van der Waals surface area (Å²) in [6, 6.07) is 5.54. The van der Waals surface area contributed by atoms with Crippen LogP contribution in [0.4, 0.5) is 0 Å². The van der Waals surface area contributed by atoms with Crippen molar-refractivity contribution in [2.75, 3.05) is 6.54 Å². The second-order valence-corrected chi connectivity index (χ2v) is 7.18. The molecule has 0 radical (unpaired) electrons. The molecule has 3 atom stereocenters. The quantitative estimate of drug-likeness (QED) is 0.909. The molecule has 1 N–H and O–H groups in total. The van der Waals surface area contributed by atoms with Gasteiger partial charge in [-0.1, -0.05) is 0 Å². The molecule has 0 unspecified atom stereocenters. The fourth-order valence-electron chi connectivity index (χ4n) is 3.63. The number of amides is 2. The minimum absolute atomic E-state index is 0.0595. The van der Waals surface area contributed by atoms with Crippen molar-refractivity contribution in [2.45, 2.75) is 44.1 Å². The van der Waals surface area contributed by atoms with Crippen LogP contribution in [0.1, 0.15) is 35.4 Å². The number of furan rings is 1. The highest BCUT2D eigenvalue weighted by Crippen LogP contribution is 2.32. The van der Waals surface area contributed by atoms with Crippen LogP contribution in [0.2, 0.25) is 0 Å². The lowest BCUT2D eigenvalue weighted by molar-refractivity contribution is -0.143. The van der Waals surface area contributed by atoms with Crippen molar-refractivity contribution in [2.24, 2.45) is 0 Å². The summed E-state index contributed by atoms with van der Waals surface area (Å²) in [5, 5.41) is 6.65. The van der Waals surface area contributed by atoms with Gasteiger partial charge in [0.05, 0.1) is 30.5 Å². The highest BCUT2D eigenvalue weighted by Gasteiger charge is 2.43. The van der Waals surface area contributed by atoms with Gasteiger partial charge >= 0.3 is 0 Å². The maximum atomic E-state index is 12.6. The molecular weight excluding hydrogens is 340 g/mol. The molecule has 132 valence electrons. The Morgan fingerprint density at radius 2 is 2.20 bits per heavy atom. The Balaban J connectivity index is 1.33. The van der Waals surface area contributed by atoms with Gasteiger partial charge in [-0.25, -0.2) is 0 Å². The number of hydrogen-bond acceptors (Lipinski definition) is 5. The first-order valence-electron chi connectivity index (χ1n) is 8.51. The minimum Gasteiger partial charge on any atom is -0.467 e.